The van der Waals surface area contributed by atoms with E-state index < -0.39 is 0 Å². The van der Waals surface area contributed by atoms with Gasteiger partial charge in [0, 0.05) is 36.6 Å². The number of rotatable bonds is 2. The van der Waals surface area contributed by atoms with E-state index in [0.29, 0.717) is 0 Å². The number of aromatic nitrogens is 3. The molecule has 0 N–H and O–H groups in total. The van der Waals surface area contributed by atoms with Gasteiger partial charge in [0.25, 0.3) is 6.33 Å². The molecule has 3 heteroatoms. The van der Waals surface area contributed by atoms with Crippen LogP contribution in [0, 0.1) is 20.8 Å². The van der Waals surface area contributed by atoms with E-state index in [1.54, 1.807) is 0 Å². The lowest BCUT2D eigenvalue weighted by Crippen LogP contribution is -2.40. The quantitative estimate of drug-likeness (QED) is 0.446. The highest BCUT2D eigenvalue weighted by Crippen LogP contribution is 2.28. The first-order chi connectivity index (χ1) is 13.8. The van der Waals surface area contributed by atoms with Crippen molar-refractivity contribution in [1.82, 2.24) is 4.98 Å². The molecule has 0 spiro atoms. The molecule has 4 aromatic rings. The molecule has 29 heavy (non-hydrogen) atoms. The number of aryl methyl sites for hydroxylation is 2. The highest BCUT2D eigenvalue weighted by atomic mass is 15.0. The largest absolute Gasteiger partial charge is 0.291 e. The van der Waals surface area contributed by atoms with Crippen molar-refractivity contribution in [3.05, 3.63) is 89.6 Å². The number of para-hydroxylation sites is 1. The molecule has 0 amide bonds. The van der Waals surface area contributed by atoms with Crippen molar-refractivity contribution in [1.29, 1.82) is 0 Å². The van der Waals surface area contributed by atoms with Crippen molar-refractivity contribution < 1.29 is 9.13 Å². The Balaban J connectivity index is 2.12. The minimum atomic E-state index is 0.0346. The summed E-state index contributed by atoms with van der Waals surface area (Å²) in [4.78, 5) is 4.38. The fraction of sp³-hybridized carbons (Fsp3) is 0.269. The molecular weight excluding hydrogens is 354 g/mol. The Kier molecular flexibility index (Phi) is 4.70. The Labute approximate surface area is 173 Å². The van der Waals surface area contributed by atoms with Crippen LogP contribution in [0.5, 0.6) is 0 Å². The van der Waals surface area contributed by atoms with Crippen LogP contribution in [0.15, 0.2) is 67.1 Å². The van der Waals surface area contributed by atoms with E-state index in [1.165, 1.54) is 44.8 Å². The van der Waals surface area contributed by atoms with Crippen LogP contribution in [0.4, 0.5) is 0 Å². The Bertz CT molecular complexity index is 1220. The Hall–Kier alpha value is -3.07. The van der Waals surface area contributed by atoms with Gasteiger partial charge in [0.1, 0.15) is 17.6 Å². The third kappa shape index (κ3) is 3.42. The molecule has 2 aromatic carbocycles. The van der Waals surface area contributed by atoms with E-state index >= 15 is 0 Å². The first kappa shape index (κ1) is 19.3. The van der Waals surface area contributed by atoms with E-state index in [9.17, 15) is 0 Å². The van der Waals surface area contributed by atoms with Gasteiger partial charge >= 0.3 is 0 Å². The average Bonchev–Trinajstić information content (AvgIpc) is 2.68. The second kappa shape index (κ2) is 7.07. The third-order valence-electron chi connectivity index (χ3n) is 5.72. The molecule has 146 valence electrons. The molecule has 3 nitrogen and oxygen atoms in total. The summed E-state index contributed by atoms with van der Waals surface area (Å²) >= 11 is 0. The summed E-state index contributed by atoms with van der Waals surface area (Å²) in [7, 11) is 0. The molecule has 0 saturated carbocycles. The van der Waals surface area contributed by atoms with Crippen LogP contribution in [0.25, 0.3) is 22.3 Å². The topological polar surface area (TPSA) is 20.6 Å². The normalized spacial score (nSPS) is 11.8. The van der Waals surface area contributed by atoms with Crippen LogP contribution in [0.1, 0.15) is 43.3 Å². The van der Waals surface area contributed by atoms with Gasteiger partial charge in [-0.1, -0.05) is 37.9 Å². The Morgan fingerprint density at radius 3 is 2.24 bits per heavy atom. The van der Waals surface area contributed by atoms with Crippen molar-refractivity contribution in [2.45, 2.75) is 47.0 Å². The summed E-state index contributed by atoms with van der Waals surface area (Å²) < 4.78 is 4.57. The lowest BCUT2D eigenvalue weighted by atomic mass is 9.85. The summed E-state index contributed by atoms with van der Waals surface area (Å²) in [5, 5.41) is 1.24. The summed E-state index contributed by atoms with van der Waals surface area (Å²) in [6.07, 6.45) is 3.76. The first-order valence-corrected chi connectivity index (χ1v) is 10.2. The van der Waals surface area contributed by atoms with Gasteiger partial charge in [-0.3, -0.25) is 0 Å². The minimum absolute atomic E-state index is 0.0346. The summed E-state index contributed by atoms with van der Waals surface area (Å²) in [6, 6.07) is 19.7. The molecule has 0 saturated heterocycles. The van der Waals surface area contributed by atoms with Crippen LogP contribution < -0.4 is 9.13 Å². The highest BCUT2D eigenvalue weighted by molar-refractivity contribution is 5.76. The van der Waals surface area contributed by atoms with Crippen LogP contribution in [0.3, 0.4) is 0 Å². The number of pyridine rings is 1. The van der Waals surface area contributed by atoms with Crippen LogP contribution in [0.2, 0.25) is 0 Å². The minimum Gasteiger partial charge on any atom is -0.200 e. The zero-order chi connectivity index (χ0) is 20.8. The van der Waals surface area contributed by atoms with Gasteiger partial charge in [-0.15, -0.1) is 0 Å². The number of nitrogens with zero attached hydrogens (tertiary/aromatic N) is 3. The zero-order valence-corrected chi connectivity index (χ0v) is 18.2. The van der Waals surface area contributed by atoms with Gasteiger partial charge in [-0.2, -0.15) is 9.13 Å². The second-order valence-electron chi connectivity index (χ2n) is 8.85. The Morgan fingerprint density at radius 2 is 1.52 bits per heavy atom. The van der Waals surface area contributed by atoms with Gasteiger partial charge in [0.2, 0.25) is 11.2 Å². The number of hydrogen-bond acceptors (Lipinski definition) is 1. The Morgan fingerprint density at radius 1 is 0.793 bits per heavy atom. The predicted octanol–water partition coefficient (Wildman–Crippen LogP) is 5.01. The lowest BCUT2D eigenvalue weighted by Gasteiger charge is -2.21. The fourth-order valence-electron chi connectivity index (χ4n) is 3.91. The predicted molar refractivity (Wildman–Crippen MR) is 118 cm³/mol. The summed E-state index contributed by atoms with van der Waals surface area (Å²) in [5.41, 5.74) is 8.59. The first-order valence-electron chi connectivity index (χ1n) is 10.2. The molecule has 0 aliphatic heterocycles. The number of hydrogen-bond donors (Lipinski definition) is 0. The van der Waals surface area contributed by atoms with E-state index in [4.69, 9.17) is 0 Å². The van der Waals surface area contributed by atoms with E-state index in [-0.39, 0.29) is 5.41 Å². The molecule has 2 heterocycles. The monoisotopic (exact) mass is 383 g/mol. The molecule has 0 radical (unpaired) electrons. The van der Waals surface area contributed by atoms with Crippen molar-refractivity contribution in [3.63, 3.8) is 0 Å². The van der Waals surface area contributed by atoms with Gasteiger partial charge in [0.15, 0.2) is 5.69 Å². The SMILES string of the molecule is Cc1c(-[n+]2cnccc2C)cc(C(C)(C)C)cc1-[n+]1c(C)ccc2ccccc21. The molecule has 2 aromatic heterocycles. The molecule has 0 bridgehead atoms. The van der Waals surface area contributed by atoms with Crippen molar-refractivity contribution >= 4 is 10.9 Å². The lowest BCUT2D eigenvalue weighted by molar-refractivity contribution is -0.608. The van der Waals surface area contributed by atoms with E-state index in [2.05, 4.69) is 110 Å². The zero-order valence-electron chi connectivity index (χ0n) is 18.2. The van der Waals surface area contributed by atoms with Crippen LogP contribution in [-0.2, 0) is 5.41 Å². The highest BCUT2D eigenvalue weighted by Gasteiger charge is 2.27. The van der Waals surface area contributed by atoms with E-state index in [1.807, 2.05) is 12.5 Å². The maximum atomic E-state index is 4.38. The van der Waals surface area contributed by atoms with Gasteiger partial charge in [-0.05, 0) is 43.0 Å². The van der Waals surface area contributed by atoms with Crippen molar-refractivity contribution in [2.75, 3.05) is 0 Å². The molecule has 0 aliphatic carbocycles. The third-order valence-corrected chi connectivity index (χ3v) is 5.72. The molecule has 0 fully saturated rings. The molecule has 0 unspecified atom stereocenters. The van der Waals surface area contributed by atoms with Gasteiger partial charge < -0.3 is 0 Å². The smallest absolute Gasteiger partial charge is 0.200 e. The second-order valence-corrected chi connectivity index (χ2v) is 8.85. The van der Waals surface area contributed by atoms with Crippen LogP contribution in [-0.4, -0.2) is 4.98 Å². The molecule has 0 atom stereocenters. The van der Waals surface area contributed by atoms with Crippen LogP contribution >= 0.6 is 0 Å². The molecule has 4 rings (SSSR count). The molecular formula is C26H29N3+2. The fourth-order valence-corrected chi connectivity index (χ4v) is 3.91. The van der Waals surface area contributed by atoms with Gasteiger partial charge in [-0.25, -0.2) is 0 Å². The van der Waals surface area contributed by atoms with Crippen molar-refractivity contribution in [2.24, 2.45) is 0 Å². The summed E-state index contributed by atoms with van der Waals surface area (Å²) in [6.45, 7) is 13.3. The average molecular weight is 384 g/mol. The van der Waals surface area contributed by atoms with Crippen molar-refractivity contribution in [3.8, 4) is 11.4 Å². The number of benzene rings is 2. The molecule has 0 aliphatic rings. The maximum Gasteiger partial charge on any atom is 0.291 e. The standard InChI is InChI=1S/C26H29N3/c1-18-13-14-27-17-28(18)24-15-22(26(4,5)6)16-25(20(24)3)29-19(2)11-12-21-9-7-8-10-23(21)29/h7-17H,1-6H3/q+2. The number of fused-ring (bicyclic) bond motifs is 1. The summed E-state index contributed by atoms with van der Waals surface area (Å²) in [5.74, 6) is 0. The van der Waals surface area contributed by atoms with Gasteiger partial charge in [0.05, 0.1) is 5.56 Å². The maximum absolute atomic E-state index is 4.38. The van der Waals surface area contributed by atoms with E-state index in [0.717, 1.165) is 0 Å².